The second-order valence-corrected chi connectivity index (χ2v) is 6.12. The van der Waals surface area contributed by atoms with Gasteiger partial charge in [-0.05, 0) is 31.6 Å². The zero-order chi connectivity index (χ0) is 15.6. The first-order valence-corrected chi connectivity index (χ1v) is 7.78. The van der Waals surface area contributed by atoms with Gasteiger partial charge in [0, 0.05) is 11.3 Å². The SMILES string of the molecule is CSC1CCC(NC(=O)c2cc(F)cc([N+](=O)[O-])c2N)C1. The van der Waals surface area contributed by atoms with Gasteiger partial charge in [0.1, 0.15) is 11.5 Å². The number of rotatable bonds is 4. The smallest absolute Gasteiger partial charge is 0.295 e. The van der Waals surface area contributed by atoms with Gasteiger partial charge < -0.3 is 11.1 Å². The quantitative estimate of drug-likeness (QED) is 0.505. The van der Waals surface area contributed by atoms with E-state index in [0.29, 0.717) is 11.3 Å². The largest absolute Gasteiger partial charge is 0.393 e. The monoisotopic (exact) mass is 313 g/mol. The second kappa shape index (κ2) is 6.30. The fourth-order valence-corrected chi connectivity index (χ4v) is 3.29. The first-order chi connectivity index (χ1) is 9.92. The third-order valence-electron chi connectivity index (χ3n) is 3.62. The summed E-state index contributed by atoms with van der Waals surface area (Å²) in [6.07, 6.45) is 4.70. The highest BCUT2D eigenvalue weighted by molar-refractivity contribution is 7.99. The standard InChI is InChI=1S/C13H16FN3O3S/c1-21-9-3-2-8(6-9)16-13(18)10-4-7(14)5-11(12(10)15)17(19)20/h4-5,8-9H,2-3,6,15H2,1H3,(H,16,18). The van der Waals surface area contributed by atoms with Crippen molar-refractivity contribution in [3.63, 3.8) is 0 Å². The molecule has 2 atom stereocenters. The molecular formula is C13H16FN3O3S. The molecule has 1 fully saturated rings. The number of nitrogens with one attached hydrogen (secondary N) is 1. The predicted octanol–water partition coefficient (Wildman–Crippen LogP) is 2.33. The molecule has 2 rings (SSSR count). The molecular weight excluding hydrogens is 297 g/mol. The van der Waals surface area contributed by atoms with Crippen LogP contribution < -0.4 is 11.1 Å². The van der Waals surface area contributed by atoms with Gasteiger partial charge in [-0.1, -0.05) is 0 Å². The summed E-state index contributed by atoms with van der Waals surface area (Å²) in [7, 11) is 0. The minimum Gasteiger partial charge on any atom is -0.393 e. The van der Waals surface area contributed by atoms with Gasteiger partial charge in [0.25, 0.3) is 11.6 Å². The van der Waals surface area contributed by atoms with E-state index in [-0.39, 0.29) is 17.3 Å². The molecule has 2 unspecified atom stereocenters. The van der Waals surface area contributed by atoms with E-state index in [0.717, 1.165) is 25.3 Å². The average molecular weight is 313 g/mol. The fraction of sp³-hybridized carbons (Fsp3) is 0.462. The van der Waals surface area contributed by atoms with Crippen molar-refractivity contribution in [3.05, 3.63) is 33.6 Å². The number of nitrogens with zero attached hydrogens (tertiary/aromatic N) is 1. The van der Waals surface area contributed by atoms with Gasteiger partial charge in [0.2, 0.25) is 0 Å². The van der Waals surface area contributed by atoms with E-state index in [4.69, 9.17) is 5.73 Å². The van der Waals surface area contributed by atoms with Crippen LogP contribution in [-0.2, 0) is 0 Å². The molecule has 6 nitrogen and oxygen atoms in total. The van der Waals surface area contributed by atoms with E-state index in [1.807, 2.05) is 6.26 Å². The van der Waals surface area contributed by atoms with E-state index in [9.17, 15) is 19.3 Å². The lowest BCUT2D eigenvalue weighted by atomic mass is 10.1. The number of thioether (sulfide) groups is 1. The molecule has 1 aromatic rings. The maximum absolute atomic E-state index is 13.4. The zero-order valence-corrected chi connectivity index (χ0v) is 12.3. The topological polar surface area (TPSA) is 98.3 Å². The van der Waals surface area contributed by atoms with E-state index in [1.54, 1.807) is 11.8 Å². The van der Waals surface area contributed by atoms with Gasteiger partial charge in [-0.2, -0.15) is 11.8 Å². The third kappa shape index (κ3) is 3.44. The van der Waals surface area contributed by atoms with E-state index < -0.39 is 22.3 Å². The molecule has 1 saturated carbocycles. The zero-order valence-electron chi connectivity index (χ0n) is 11.5. The summed E-state index contributed by atoms with van der Waals surface area (Å²) < 4.78 is 13.4. The van der Waals surface area contributed by atoms with Gasteiger partial charge in [0.15, 0.2) is 0 Å². The van der Waals surface area contributed by atoms with Crippen LogP contribution in [0.25, 0.3) is 0 Å². The number of hydrogen-bond donors (Lipinski definition) is 2. The number of carbonyl (C=O) groups is 1. The van der Waals surface area contributed by atoms with Crippen LogP contribution in [0, 0.1) is 15.9 Å². The first-order valence-electron chi connectivity index (χ1n) is 6.49. The molecule has 0 heterocycles. The Hall–Kier alpha value is -1.83. The van der Waals surface area contributed by atoms with Crippen molar-refractivity contribution in [2.24, 2.45) is 0 Å². The Morgan fingerprint density at radius 2 is 2.24 bits per heavy atom. The van der Waals surface area contributed by atoms with Gasteiger partial charge in [-0.3, -0.25) is 14.9 Å². The number of carbonyl (C=O) groups excluding carboxylic acids is 1. The number of nitrogens with two attached hydrogens (primary N) is 1. The van der Waals surface area contributed by atoms with Crippen LogP contribution >= 0.6 is 11.8 Å². The Morgan fingerprint density at radius 1 is 1.52 bits per heavy atom. The Labute approximate surface area is 125 Å². The summed E-state index contributed by atoms with van der Waals surface area (Å²) in [5, 5.41) is 14.1. The summed E-state index contributed by atoms with van der Waals surface area (Å²) in [6, 6.07) is 1.64. The summed E-state index contributed by atoms with van der Waals surface area (Å²) in [5.41, 5.74) is 4.53. The number of nitrogen functional groups attached to an aromatic ring is 1. The highest BCUT2D eigenvalue weighted by atomic mass is 32.2. The summed E-state index contributed by atoms with van der Waals surface area (Å²) in [4.78, 5) is 22.2. The summed E-state index contributed by atoms with van der Waals surface area (Å²) in [5.74, 6) is -1.42. The van der Waals surface area contributed by atoms with Crippen LogP contribution in [0.1, 0.15) is 29.6 Å². The van der Waals surface area contributed by atoms with Crippen LogP contribution in [0.3, 0.4) is 0 Å². The van der Waals surface area contributed by atoms with Crippen molar-refractivity contribution < 1.29 is 14.1 Å². The highest BCUT2D eigenvalue weighted by Gasteiger charge is 2.27. The van der Waals surface area contributed by atoms with E-state index >= 15 is 0 Å². The maximum Gasteiger partial charge on any atom is 0.295 e. The minimum absolute atomic E-state index is 0.00308. The molecule has 1 aliphatic carbocycles. The summed E-state index contributed by atoms with van der Waals surface area (Å²) in [6.45, 7) is 0. The number of amides is 1. The number of hydrogen-bond acceptors (Lipinski definition) is 5. The molecule has 3 N–H and O–H groups in total. The lowest BCUT2D eigenvalue weighted by molar-refractivity contribution is -0.384. The molecule has 114 valence electrons. The van der Waals surface area contributed by atoms with Crippen molar-refractivity contribution in [2.45, 2.75) is 30.6 Å². The van der Waals surface area contributed by atoms with Crippen molar-refractivity contribution in [3.8, 4) is 0 Å². The fourth-order valence-electron chi connectivity index (χ4n) is 2.49. The van der Waals surface area contributed by atoms with Gasteiger partial charge in [-0.25, -0.2) is 4.39 Å². The maximum atomic E-state index is 13.4. The lowest BCUT2D eigenvalue weighted by Crippen LogP contribution is -2.33. The molecule has 0 aromatic heterocycles. The average Bonchev–Trinajstić information content (AvgIpc) is 2.88. The summed E-state index contributed by atoms with van der Waals surface area (Å²) >= 11 is 1.75. The molecule has 0 aliphatic heterocycles. The minimum atomic E-state index is -0.852. The Bertz CT molecular complexity index is 582. The van der Waals surface area contributed by atoms with Crippen LogP contribution in [0.15, 0.2) is 12.1 Å². The molecule has 1 aromatic carbocycles. The Kier molecular flexibility index (Phi) is 4.66. The van der Waals surface area contributed by atoms with Gasteiger partial charge >= 0.3 is 0 Å². The van der Waals surface area contributed by atoms with E-state index in [1.165, 1.54) is 0 Å². The molecule has 0 saturated heterocycles. The van der Waals surface area contributed by atoms with E-state index in [2.05, 4.69) is 5.32 Å². The number of benzene rings is 1. The second-order valence-electron chi connectivity index (χ2n) is 4.98. The van der Waals surface area contributed by atoms with Crippen LogP contribution in [0.5, 0.6) is 0 Å². The lowest BCUT2D eigenvalue weighted by Gasteiger charge is -2.14. The normalized spacial score (nSPS) is 21.2. The highest BCUT2D eigenvalue weighted by Crippen LogP contribution is 2.30. The molecule has 0 bridgehead atoms. The molecule has 1 aliphatic rings. The van der Waals surface area contributed by atoms with Crippen molar-refractivity contribution in [2.75, 3.05) is 12.0 Å². The predicted molar refractivity (Wildman–Crippen MR) is 79.9 cm³/mol. The van der Waals surface area contributed by atoms with Crippen molar-refractivity contribution in [1.29, 1.82) is 0 Å². The molecule has 21 heavy (non-hydrogen) atoms. The Balaban J connectivity index is 2.18. The van der Waals surface area contributed by atoms with Gasteiger partial charge in [-0.15, -0.1) is 0 Å². The van der Waals surface area contributed by atoms with Crippen LogP contribution in [0.4, 0.5) is 15.8 Å². The van der Waals surface area contributed by atoms with Gasteiger partial charge in [0.05, 0.1) is 16.6 Å². The molecule has 1 amide bonds. The van der Waals surface area contributed by atoms with Crippen molar-refractivity contribution in [1.82, 2.24) is 5.32 Å². The number of nitro groups is 1. The molecule has 0 radical (unpaired) electrons. The van der Waals surface area contributed by atoms with Crippen molar-refractivity contribution >= 4 is 29.0 Å². The molecule has 0 spiro atoms. The molecule has 8 heteroatoms. The third-order valence-corrected chi connectivity index (χ3v) is 4.71. The first kappa shape index (κ1) is 15.6. The number of anilines is 1. The van der Waals surface area contributed by atoms with Crippen LogP contribution in [-0.4, -0.2) is 28.4 Å². The number of nitro benzene ring substituents is 1. The van der Waals surface area contributed by atoms with Crippen LogP contribution in [0.2, 0.25) is 0 Å². The Morgan fingerprint density at radius 3 is 2.81 bits per heavy atom. The number of halogens is 1.